The summed E-state index contributed by atoms with van der Waals surface area (Å²) in [5.74, 6) is 0.699. The van der Waals surface area contributed by atoms with E-state index >= 15 is 0 Å². The van der Waals surface area contributed by atoms with Crippen LogP contribution in [0.15, 0.2) is 23.8 Å². The van der Waals surface area contributed by atoms with Crippen LogP contribution in [0.1, 0.15) is 39.5 Å². The van der Waals surface area contributed by atoms with Crippen molar-refractivity contribution in [1.82, 2.24) is 0 Å². The van der Waals surface area contributed by atoms with E-state index in [9.17, 15) is 4.79 Å². The molecule has 1 saturated carbocycles. The van der Waals surface area contributed by atoms with Gasteiger partial charge in [0.05, 0.1) is 25.9 Å². The Morgan fingerprint density at radius 2 is 2.04 bits per heavy atom. The van der Waals surface area contributed by atoms with Gasteiger partial charge in [0.2, 0.25) is 0 Å². The predicted octanol–water partition coefficient (Wildman–Crippen LogP) is 3.49. The van der Waals surface area contributed by atoms with Crippen molar-refractivity contribution in [2.75, 3.05) is 34.2 Å². The molecule has 0 heterocycles. The number of hydrogen-bond acceptors (Lipinski definition) is 5. The lowest BCUT2D eigenvalue weighted by Crippen LogP contribution is -2.53. The zero-order valence-corrected chi connectivity index (χ0v) is 16.0. The van der Waals surface area contributed by atoms with Crippen LogP contribution < -0.4 is 0 Å². The molecule has 0 aromatic carbocycles. The molecular weight excluding hydrogens is 320 g/mol. The minimum atomic E-state index is -0.543. The number of carbonyl (C=O) groups excluding carboxylic acids is 1. The number of carbonyl (C=O) groups is 1. The molecule has 25 heavy (non-hydrogen) atoms. The molecule has 0 aromatic rings. The van der Waals surface area contributed by atoms with Gasteiger partial charge >= 0.3 is 5.97 Å². The highest BCUT2D eigenvalue weighted by molar-refractivity contribution is 5.88. The summed E-state index contributed by atoms with van der Waals surface area (Å²) >= 11 is 0. The van der Waals surface area contributed by atoms with Crippen LogP contribution in [0, 0.1) is 17.8 Å². The molecule has 2 rings (SSSR count). The van der Waals surface area contributed by atoms with E-state index in [0.29, 0.717) is 37.0 Å². The lowest BCUT2D eigenvalue weighted by Gasteiger charge is -2.52. The normalized spacial score (nSPS) is 29.3. The van der Waals surface area contributed by atoms with Crippen LogP contribution in [-0.4, -0.2) is 45.8 Å². The SMILES string of the molecule is C=C1CC[C@H](C(C)C)[C@@]2(OCOCCOC)C=C(C(=O)OC)CC[C@H]12. The molecule has 1 fully saturated rings. The summed E-state index contributed by atoms with van der Waals surface area (Å²) in [6.45, 7) is 9.93. The summed E-state index contributed by atoms with van der Waals surface area (Å²) in [5.41, 5.74) is 1.38. The van der Waals surface area contributed by atoms with Crippen molar-refractivity contribution in [1.29, 1.82) is 0 Å². The third kappa shape index (κ3) is 4.33. The lowest BCUT2D eigenvalue weighted by molar-refractivity contribution is -0.182. The van der Waals surface area contributed by atoms with Crippen molar-refractivity contribution in [2.45, 2.75) is 45.1 Å². The van der Waals surface area contributed by atoms with Gasteiger partial charge in [-0.3, -0.25) is 0 Å². The van der Waals surface area contributed by atoms with Crippen LogP contribution in [0.5, 0.6) is 0 Å². The first kappa shape index (κ1) is 20.1. The molecule has 2 aliphatic carbocycles. The molecular formula is C20H32O5. The molecule has 0 aromatic heterocycles. The zero-order valence-electron chi connectivity index (χ0n) is 16.0. The molecule has 5 heteroatoms. The second-order valence-electron chi connectivity index (χ2n) is 7.32. The Balaban J connectivity index is 2.31. The van der Waals surface area contributed by atoms with E-state index in [0.717, 1.165) is 19.3 Å². The highest BCUT2D eigenvalue weighted by atomic mass is 16.7. The fourth-order valence-electron chi connectivity index (χ4n) is 4.34. The first-order valence-electron chi connectivity index (χ1n) is 9.14. The Morgan fingerprint density at radius 1 is 1.28 bits per heavy atom. The Morgan fingerprint density at radius 3 is 2.68 bits per heavy atom. The van der Waals surface area contributed by atoms with E-state index in [-0.39, 0.29) is 18.7 Å². The first-order chi connectivity index (χ1) is 12.0. The fourth-order valence-corrected chi connectivity index (χ4v) is 4.34. The van der Waals surface area contributed by atoms with Crippen molar-refractivity contribution >= 4 is 5.97 Å². The number of esters is 1. The van der Waals surface area contributed by atoms with Crippen molar-refractivity contribution < 1.29 is 23.7 Å². The number of methoxy groups -OCH3 is 2. The molecule has 0 unspecified atom stereocenters. The second kappa shape index (κ2) is 8.97. The van der Waals surface area contributed by atoms with Gasteiger partial charge in [0.25, 0.3) is 0 Å². The van der Waals surface area contributed by atoms with Crippen LogP contribution in [0.3, 0.4) is 0 Å². The van der Waals surface area contributed by atoms with Crippen LogP contribution >= 0.6 is 0 Å². The molecule has 0 saturated heterocycles. The fraction of sp³-hybridized carbons (Fsp3) is 0.750. The molecule has 0 aliphatic heterocycles. The van der Waals surface area contributed by atoms with Gasteiger partial charge in [0.1, 0.15) is 6.79 Å². The summed E-state index contributed by atoms with van der Waals surface area (Å²) in [7, 11) is 3.07. The summed E-state index contributed by atoms with van der Waals surface area (Å²) < 4.78 is 21.9. The lowest BCUT2D eigenvalue weighted by atomic mass is 9.59. The van der Waals surface area contributed by atoms with Crippen molar-refractivity contribution in [3.63, 3.8) is 0 Å². The summed E-state index contributed by atoms with van der Waals surface area (Å²) in [4.78, 5) is 12.1. The quantitative estimate of drug-likeness (QED) is 0.290. The molecule has 3 atom stereocenters. The maximum atomic E-state index is 12.1. The topological polar surface area (TPSA) is 54.0 Å². The van der Waals surface area contributed by atoms with Gasteiger partial charge < -0.3 is 18.9 Å². The molecule has 5 nitrogen and oxygen atoms in total. The van der Waals surface area contributed by atoms with Gasteiger partial charge in [0.15, 0.2) is 0 Å². The highest BCUT2D eigenvalue weighted by Crippen LogP contribution is 2.52. The number of rotatable bonds is 8. The third-order valence-electron chi connectivity index (χ3n) is 5.57. The first-order valence-corrected chi connectivity index (χ1v) is 9.14. The standard InChI is InChI=1S/C20H32O5/c1-14(2)17-8-6-15(3)18-9-7-16(19(21)23-5)12-20(17,18)25-13-24-11-10-22-4/h12,14,17-18H,3,6-11,13H2,1-2,4-5H3/t17-,18-,20+/m1/s1. The summed E-state index contributed by atoms with van der Waals surface area (Å²) in [6, 6.07) is 0. The summed E-state index contributed by atoms with van der Waals surface area (Å²) in [6.07, 6.45) is 5.61. The Kier molecular flexibility index (Phi) is 7.23. The van der Waals surface area contributed by atoms with E-state index < -0.39 is 5.60 Å². The third-order valence-corrected chi connectivity index (χ3v) is 5.57. The van der Waals surface area contributed by atoms with Gasteiger partial charge in [0, 0.05) is 18.6 Å². The van der Waals surface area contributed by atoms with Gasteiger partial charge in [-0.05, 0) is 43.6 Å². The molecule has 0 radical (unpaired) electrons. The van der Waals surface area contributed by atoms with E-state index in [1.54, 1.807) is 7.11 Å². The maximum Gasteiger partial charge on any atom is 0.333 e. The van der Waals surface area contributed by atoms with Crippen LogP contribution in [0.25, 0.3) is 0 Å². The van der Waals surface area contributed by atoms with Crippen molar-refractivity contribution in [3.8, 4) is 0 Å². The van der Waals surface area contributed by atoms with E-state index in [1.807, 2.05) is 6.08 Å². The Bertz CT molecular complexity index is 510. The second-order valence-corrected chi connectivity index (χ2v) is 7.32. The monoisotopic (exact) mass is 352 g/mol. The van der Waals surface area contributed by atoms with Crippen molar-refractivity contribution in [2.24, 2.45) is 17.8 Å². The molecule has 0 bridgehead atoms. The molecule has 2 aliphatic rings. The van der Waals surface area contributed by atoms with Crippen LogP contribution in [-0.2, 0) is 23.7 Å². The number of ether oxygens (including phenoxy) is 4. The van der Waals surface area contributed by atoms with Gasteiger partial charge in [-0.2, -0.15) is 0 Å². The van der Waals surface area contributed by atoms with Gasteiger partial charge in [-0.25, -0.2) is 4.79 Å². The minimum absolute atomic E-state index is 0.182. The van der Waals surface area contributed by atoms with Crippen LogP contribution in [0.4, 0.5) is 0 Å². The average Bonchev–Trinajstić information content (AvgIpc) is 2.60. The van der Waals surface area contributed by atoms with Crippen LogP contribution in [0.2, 0.25) is 0 Å². The van der Waals surface area contributed by atoms with E-state index in [4.69, 9.17) is 18.9 Å². The summed E-state index contributed by atoms with van der Waals surface area (Å²) in [5, 5.41) is 0. The molecule has 0 spiro atoms. The molecule has 142 valence electrons. The Labute approximate surface area is 151 Å². The predicted molar refractivity (Wildman–Crippen MR) is 96.0 cm³/mol. The largest absolute Gasteiger partial charge is 0.466 e. The number of fused-ring (bicyclic) bond motifs is 1. The highest BCUT2D eigenvalue weighted by Gasteiger charge is 2.52. The van der Waals surface area contributed by atoms with E-state index in [1.165, 1.54) is 12.7 Å². The Hall–Kier alpha value is -1.17. The zero-order chi connectivity index (χ0) is 18.4. The van der Waals surface area contributed by atoms with Crippen molar-refractivity contribution in [3.05, 3.63) is 23.8 Å². The molecule has 0 amide bonds. The van der Waals surface area contributed by atoms with E-state index in [2.05, 4.69) is 20.4 Å². The van der Waals surface area contributed by atoms with Gasteiger partial charge in [-0.1, -0.05) is 26.0 Å². The smallest absolute Gasteiger partial charge is 0.333 e. The maximum absolute atomic E-state index is 12.1. The van der Waals surface area contributed by atoms with Gasteiger partial charge in [-0.15, -0.1) is 0 Å². The number of hydrogen-bond donors (Lipinski definition) is 0. The average molecular weight is 352 g/mol. The molecule has 0 N–H and O–H groups in total. The minimum Gasteiger partial charge on any atom is -0.466 e.